The predicted molar refractivity (Wildman–Crippen MR) is 136 cm³/mol. The number of aromatic amines is 2. The average Bonchev–Trinajstić information content (AvgIpc) is 2.91. The van der Waals surface area contributed by atoms with Gasteiger partial charge in [0.2, 0.25) is 17.0 Å². The molecule has 0 spiro atoms. The largest absolute Gasteiger partial charge is 0.290 e. The standard InChI is InChI=1S/C23H16N10O2S/c24-11-15-17(13-7-3-1-4-8-13)26-21(28-19(15)34)30-32-23(36)33-31-22-27-18(14-9-5-2-6-10-14)16(12-25)20(35)29-22/h1-10H,(H2,32,33,36)(H2,26,28,30,34)(H2,27,29,31,35). The Hall–Kier alpha value is -5.53. The molecule has 12 nitrogen and oxygen atoms in total. The molecule has 2 aromatic heterocycles. The second-order valence-electron chi connectivity index (χ2n) is 7.06. The summed E-state index contributed by atoms with van der Waals surface area (Å²) in [5, 5.41) is 18.7. The van der Waals surface area contributed by atoms with Gasteiger partial charge in [-0.2, -0.15) is 10.5 Å². The number of thiocarbonyl (C=S) groups is 1. The number of anilines is 2. The number of H-pyrrole nitrogens is 2. The van der Waals surface area contributed by atoms with E-state index in [1.54, 1.807) is 60.7 Å². The van der Waals surface area contributed by atoms with Crippen molar-refractivity contribution in [2.24, 2.45) is 0 Å². The summed E-state index contributed by atoms with van der Waals surface area (Å²) in [6, 6.07) is 21.3. The number of benzene rings is 2. The summed E-state index contributed by atoms with van der Waals surface area (Å²) in [6.07, 6.45) is 0. The van der Waals surface area contributed by atoms with Crippen LogP contribution in [0.25, 0.3) is 22.5 Å². The molecular formula is C23H16N10O2S. The summed E-state index contributed by atoms with van der Waals surface area (Å²) in [5.74, 6) is 0.0246. The predicted octanol–water partition coefficient (Wildman–Crippen LogP) is 1.75. The number of hydrazine groups is 2. The number of hydrogen-bond acceptors (Lipinski definition) is 9. The van der Waals surface area contributed by atoms with Crippen molar-refractivity contribution in [3.63, 3.8) is 0 Å². The van der Waals surface area contributed by atoms with Crippen LogP contribution in [0, 0.1) is 22.7 Å². The lowest BCUT2D eigenvalue weighted by atomic mass is 10.1. The van der Waals surface area contributed by atoms with E-state index in [-0.39, 0.29) is 39.5 Å². The van der Waals surface area contributed by atoms with Crippen LogP contribution in [0.1, 0.15) is 11.1 Å². The SMILES string of the molecule is N#Cc1c(-c2ccccc2)nc(NNC(=S)NNc2nc(-c3ccccc3)c(C#N)c(=O)[nH]2)[nH]c1=O. The van der Waals surface area contributed by atoms with Crippen molar-refractivity contribution < 1.29 is 0 Å². The molecule has 0 amide bonds. The van der Waals surface area contributed by atoms with Crippen molar-refractivity contribution in [3.8, 4) is 34.7 Å². The molecule has 0 unspecified atom stereocenters. The monoisotopic (exact) mass is 496 g/mol. The van der Waals surface area contributed by atoms with Gasteiger partial charge in [0.05, 0.1) is 11.4 Å². The third-order valence-electron chi connectivity index (χ3n) is 4.75. The average molecular weight is 497 g/mol. The first kappa shape index (κ1) is 23.6. The van der Waals surface area contributed by atoms with Gasteiger partial charge in [0.25, 0.3) is 11.1 Å². The number of hydrogen-bond donors (Lipinski definition) is 6. The van der Waals surface area contributed by atoms with Crippen LogP contribution in [-0.2, 0) is 0 Å². The molecule has 0 atom stereocenters. The molecule has 0 saturated heterocycles. The zero-order chi connectivity index (χ0) is 25.5. The van der Waals surface area contributed by atoms with Crippen LogP contribution in [0.3, 0.4) is 0 Å². The Morgan fingerprint density at radius 3 is 1.47 bits per heavy atom. The first-order valence-corrected chi connectivity index (χ1v) is 10.7. The van der Waals surface area contributed by atoms with Crippen molar-refractivity contribution in [1.82, 2.24) is 30.8 Å². The summed E-state index contributed by atoms with van der Waals surface area (Å²) in [4.78, 5) is 38.2. The van der Waals surface area contributed by atoms with Crippen molar-refractivity contribution in [3.05, 3.63) is 92.5 Å². The lowest BCUT2D eigenvalue weighted by Crippen LogP contribution is -2.43. The Morgan fingerprint density at radius 2 is 1.11 bits per heavy atom. The van der Waals surface area contributed by atoms with Gasteiger partial charge in [0.15, 0.2) is 0 Å². The smallest absolute Gasteiger partial charge is 0.270 e. The van der Waals surface area contributed by atoms with E-state index in [0.29, 0.717) is 11.1 Å². The summed E-state index contributed by atoms with van der Waals surface area (Å²) in [7, 11) is 0. The van der Waals surface area contributed by atoms with Crippen LogP contribution in [0.15, 0.2) is 70.3 Å². The molecule has 2 heterocycles. The van der Waals surface area contributed by atoms with Crippen LogP contribution >= 0.6 is 12.2 Å². The molecule has 6 N–H and O–H groups in total. The minimum Gasteiger partial charge on any atom is -0.290 e. The Balaban J connectivity index is 1.47. The van der Waals surface area contributed by atoms with Crippen molar-refractivity contribution >= 4 is 29.2 Å². The Labute approximate surface area is 208 Å². The highest BCUT2D eigenvalue weighted by Gasteiger charge is 2.14. The molecule has 0 saturated carbocycles. The van der Waals surface area contributed by atoms with Gasteiger partial charge in [-0.25, -0.2) is 9.97 Å². The zero-order valence-corrected chi connectivity index (χ0v) is 19.1. The summed E-state index contributed by atoms with van der Waals surface area (Å²) >= 11 is 5.18. The maximum atomic E-state index is 12.3. The van der Waals surface area contributed by atoms with E-state index in [2.05, 4.69) is 41.6 Å². The summed E-state index contributed by atoms with van der Waals surface area (Å²) in [6.45, 7) is 0. The maximum absolute atomic E-state index is 12.3. The van der Waals surface area contributed by atoms with E-state index < -0.39 is 11.1 Å². The molecule has 0 aliphatic rings. The third kappa shape index (κ3) is 5.17. The second-order valence-corrected chi connectivity index (χ2v) is 7.47. The Bertz CT molecular complexity index is 1500. The lowest BCUT2D eigenvalue weighted by molar-refractivity contribution is 0.951. The van der Waals surface area contributed by atoms with Gasteiger partial charge in [-0.3, -0.25) is 41.3 Å². The highest BCUT2D eigenvalue weighted by atomic mass is 32.1. The van der Waals surface area contributed by atoms with Crippen molar-refractivity contribution in [1.29, 1.82) is 10.5 Å². The second kappa shape index (κ2) is 10.6. The molecule has 0 aliphatic carbocycles. The highest BCUT2D eigenvalue weighted by molar-refractivity contribution is 7.80. The fourth-order valence-corrected chi connectivity index (χ4v) is 3.25. The molecule has 36 heavy (non-hydrogen) atoms. The molecule has 0 fully saturated rings. The number of nitriles is 2. The van der Waals surface area contributed by atoms with Gasteiger partial charge in [-0.15, -0.1) is 0 Å². The molecule has 2 aromatic carbocycles. The van der Waals surface area contributed by atoms with E-state index >= 15 is 0 Å². The van der Waals surface area contributed by atoms with Gasteiger partial charge in [-0.1, -0.05) is 60.7 Å². The van der Waals surface area contributed by atoms with Gasteiger partial charge in [-0.05, 0) is 12.2 Å². The zero-order valence-electron chi connectivity index (χ0n) is 18.3. The minimum absolute atomic E-state index is 0.00320. The first-order valence-electron chi connectivity index (χ1n) is 10.3. The number of aromatic nitrogens is 4. The van der Waals surface area contributed by atoms with Crippen molar-refractivity contribution in [2.45, 2.75) is 0 Å². The van der Waals surface area contributed by atoms with Crippen LogP contribution in [-0.4, -0.2) is 25.0 Å². The van der Waals surface area contributed by atoms with Crippen LogP contribution < -0.4 is 32.8 Å². The molecule has 4 rings (SSSR count). The molecule has 0 bridgehead atoms. The topological polar surface area (TPSA) is 187 Å². The molecule has 4 aromatic rings. The van der Waals surface area contributed by atoms with Crippen LogP contribution in [0.4, 0.5) is 11.9 Å². The lowest BCUT2D eigenvalue weighted by Gasteiger charge is -2.14. The molecule has 176 valence electrons. The van der Waals surface area contributed by atoms with Gasteiger partial charge < -0.3 is 0 Å². The van der Waals surface area contributed by atoms with E-state index in [1.165, 1.54) is 0 Å². The first-order chi connectivity index (χ1) is 17.5. The molecule has 13 heteroatoms. The fraction of sp³-hybridized carbons (Fsp3) is 0. The number of nitrogens with one attached hydrogen (secondary N) is 6. The summed E-state index contributed by atoms with van der Waals surface area (Å²) < 4.78 is 0. The normalized spacial score (nSPS) is 9.94. The van der Waals surface area contributed by atoms with Crippen LogP contribution in [0.2, 0.25) is 0 Å². The quantitative estimate of drug-likeness (QED) is 0.169. The molecule has 0 aliphatic heterocycles. The third-order valence-corrected chi connectivity index (χ3v) is 4.95. The van der Waals surface area contributed by atoms with E-state index in [4.69, 9.17) is 12.2 Å². The fourth-order valence-electron chi connectivity index (χ4n) is 3.15. The van der Waals surface area contributed by atoms with E-state index in [0.717, 1.165) is 0 Å². The maximum Gasteiger partial charge on any atom is 0.270 e. The van der Waals surface area contributed by atoms with Gasteiger partial charge in [0, 0.05) is 11.1 Å². The molecular weight excluding hydrogens is 480 g/mol. The van der Waals surface area contributed by atoms with Crippen LogP contribution in [0.5, 0.6) is 0 Å². The van der Waals surface area contributed by atoms with E-state index in [1.807, 2.05) is 12.1 Å². The Morgan fingerprint density at radius 1 is 0.722 bits per heavy atom. The number of rotatable bonds is 6. The highest BCUT2D eigenvalue weighted by Crippen LogP contribution is 2.20. The van der Waals surface area contributed by atoms with E-state index in [9.17, 15) is 20.1 Å². The minimum atomic E-state index is -0.625. The van der Waals surface area contributed by atoms with Gasteiger partial charge in [0.1, 0.15) is 23.3 Å². The van der Waals surface area contributed by atoms with Gasteiger partial charge >= 0.3 is 0 Å². The number of nitrogens with zero attached hydrogens (tertiary/aromatic N) is 4. The summed E-state index contributed by atoms with van der Waals surface area (Å²) in [5.41, 5.74) is 10.6. The van der Waals surface area contributed by atoms with Crippen molar-refractivity contribution in [2.75, 3.05) is 10.9 Å². The molecule has 0 radical (unpaired) electrons. The Kier molecular flexibility index (Phi) is 6.96.